The molecule has 25 heavy (non-hydrogen) atoms. The van der Waals surface area contributed by atoms with Crippen LogP contribution in [0, 0.1) is 6.92 Å². The highest BCUT2D eigenvalue weighted by Crippen LogP contribution is 2.23. The van der Waals surface area contributed by atoms with Crippen LogP contribution in [0.5, 0.6) is 0 Å². The zero-order chi connectivity index (χ0) is 17.8. The number of nitrogens with one attached hydrogen (secondary N) is 2. The first-order valence-electron chi connectivity index (χ1n) is 8.47. The Balaban J connectivity index is 1.48. The van der Waals surface area contributed by atoms with Gasteiger partial charge in [0.05, 0.1) is 12.6 Å². The van der Waals surface area contributed by atoms with E-state index in [2.05, 4.69) is 22.1 Å². The second-order valence-corrected chi connectivity index (χ2v) is 7.34. The number of rotatable bonds is 4. The second-order valence-electron chi connectivity index (χ2n) is 6.34. The summed E-state index contributed by atoms with van der Waals surface area (Å²) in [6, 6.07) is 9.58. The molecular weight excluding hydrogens is 334 g/mol. The molecular formula is C19H23N3O2S. The van der Waals surface area contributed by atoms with Crippen molar-refractivity contribution in [1.82, 2.24) is 15.5 Å². The first-order valence-corrected chi connectivity index (χ1v) is 9.35. The van der Waals surface area contributed by atoms with Crippen LogP contribution in [0.4, 0.5) is 4.79 Å². The molecule has 1 aliphatic rings. The predicted octanol–water partition coefficient (Wildman–Crippen LogP) is 3.00. The summed E-state index contributed by atoms with van der Waals surface area (Å²) in [6.07, 6.45) is 0.898. The quantitative estimate of drug-likeness (QED) is 0.884. The van der Waals surface area contributed by atoms with Crippen LogP contribution in [0.15, 0.2) is 35.7 Å². The van der Waals surface area contributed by atoms with Gasteiger partial charge in [-0.25, -0.2) is 4.79 Å². The van der Waals surface area contributed by atoms with Crippen molar-refractivity contribution in [2.45, 2.75) is 32.9 Å². The minimum absolute atomic E-state index is 0.0196. The zero-order valence-corrected chi connectivity index (χ0v) is 15.4. The number of thiophene rings is 1. The van der Waals surface area contributed by atoms with Gasteiger partial charge in [-0.15, -0.1) is 11.3 Å². The number of urea groups is 1. The standard InChI is InChI=1S/C19H23N3O2S/c1-13-5-3-4-6-16(13)14(2)21-19(24)20-11-18(23)22-9-7-17-15(12-22)8-10-25-17/h3-6,8,10,14H,7,9,11-12H2,1-2H3,(H2,20,21,24). The van der Waals surface area contributed by atoms with Gasteiger partial charge in [-0.3, -0.25) is 4.79 Å². The van der Waals surface area contributed by atoms with Gasteiger partial charge in [0.25, 0.3) is 0 Å². The molecule has 0 fully saturated rings. The third-order valence-corrected chi connectivity index (χ3v) is 5.59. The molecule has 0 saturated carbocycles. The lowest BCUT2D eigenvalue weighted by Gasteiger charge is -2.27. The van der Waals surface area contributed by atoms with Crippen LogP contribution in [-0.4, -0.2) is 29.9 Å². The number of carbonyl (C=O) groups excluding carboxylic acids is 2. The summed E-state index contributed by atoms with van der Waals surface area (Å²) in [4.78, 5) is 27.6. The molecule has 1 unspecified atom stereocenters. The molecule has 3 rings (SSSR count). The molecule has 1 aromatic carbocycles. The molecule has 2 N–H and O–H groups in total. The largest absolute Gasteiger partial charge is 0.336 e. The third-order valence-electron chi connectivity index (χ3n) is 4.56. The van der Waals surface area contributed by atoms with Gasteiger partial charge in [-0.05, 0) is 48.4 Å². The average molecular weight is 357 g/mol. The minimum Gasteiger partial charge on any atom is -0.336 e. The molecule has 2 aromatic rings. The highest BCUT2D eigenvalue weighted by atomic mass is 32.1. The third kappa shape index (κ3) is 4.20. The van der Waals surface area contributed by atoms with Crippen molar-refractivity contribution in [3.05, 3.63) is 57.3 Å². The maximum absolute atomic E-state index is 12.3. The van der Waals surface area contributed by atoms with E-state index >= 15 is 0 Å². The van der Waals surface area contributed by atoms with Gasteiger partial charge in [0.2, 0.25) is 5.91 Å². The lowest BCUT2D eigenvalue weighted by atomic mass is 10.0. The summed E-state index contributed by atoms with van der Waals surface area (Å²) < 4.78 is 0. The Morgan fingerprint density at radius 3 is 2.88 bits per heavy atom. The summed E-state index contributed by atoms with van der Waals surface area (Å²) in [5.74, 6) is -0.0458. The molecule has 0 aliphatic carbocycles. The lowest BCUT2D eigenvalue weighted by Crippen LogP contribution is -2.45. The van der Waals surface area contributed by atoms with Crippen LogP contribution < -0.4 is 10.6 Å². The number of hydrogen-bond donors (Lipinski definition) is 2. The van der Waals surface area contributed by atoms with Crippen molar-refractivity contribution in [3.8, 4) is 0 Å². The van der Waals surface area contributed by atoms with Gasteiger partial charge in [0.1, 0.15) is 0 Å². The van der Waals surface area contributed by atoms with Crippen molar-refractivity contribution in [1.29, 1.82) is 0 Å². The van der Waals surface area contributed by atoms with E-state index in [4.69, 9.17) is 0 Å². The summed E-state index contributed by atoms with van der Waals surface area (Å²) in [5.41, 5.74) is 3.43. The van der Waals surface area contributed by atoms with E-state index in [0.717, 1.165) is 24.1 Å². The number of fused-ring (bicyclic) bond motifs is 1. The van der Waals surface area contributed by atoms with Crippen molar-refractivity contribution < 1.29 is 9.59 Å². The van der Waals surface area contributed by atoms with E-state index in [-0.39, 0.29) is 24.5 Å². The van der Waals surface area contributed by atoms with Crippen molar-refractivity contribution >= 4 is 23.3 Å². The van der Waals surface area contributed by atoms with E-state index in [0.29, 0.717) is 6.54 Å². The van der Waals surface area contributed by atoms with Gasteiger partial charge in [-0.2, -0.15) is 0 Å². The number of nitrogens with zero attached hydrogens (tertiary/aromatic N) is 1. The summed E-state index contributed by atoms with van der Waals surface area (Å²) in [6.45, 7) is 5.33. The molecule has 3 amide bonds. The van der Waals surface area contributed by atoms with Crippen LogP contribution in [-0.2, 0) is 17.8 Å². The normalized spacial score (nSPS) is 14.6. The highest BCUT2D eigenvalue weighted by Gasteiger charge is 2.21. The summed E-state index contributed by atoms with van der Waals surface area (Å²) >= 11 is 1.75. The van der Waals surface area contributed by atoms with Gasteiger partial charge < -0.3 is 15.5 Å². The fourth-order valence-corrected chi connectivity index (χ4v) is 4.02. The fraction of sp³-hybridized carbons (Fsp3) is 0.368. The Bertz CT molecular complexity index is 772. The Hall–Kier alpha value is -2.34. The average Bonchev–Trinajstić information content (AvgIpc) is 3.07. The Labute approximate surface area is 152 Å². The Morgan fingerprint density at radius 2 is 2.08 bits per heavy atom. The molecule has 0 radical (unpaired) electrons. The van der Waals surface area contributed by atoms with Gasteiger partial charge in [-0.1, -0.05) is 24.3 Å². The molecule has 2 heterocycles. The van der Waals surface area contributed by atoms with E-state index in [1.165, 1.54) is 10.4 Å². The SMILES string of the molecule is Cc1ccccc1C(C)NC(=O)NCC(=O)N1CCc2sccc2C1. The Morgan fingerprint density at radius 1 is 1.28 bits per heavy atom. The molecule has 132 valence electrons. The minimum atomic E-state index is -0.322. The highest BCUT2D eigenvalue weighted by molar-refractivity contribution is 7.10. The van der Waals surface area contributed by atoms with E-state index < -0.39 is 0 Å². The van der Waals surface area contributed by atoms with Gasteiger partial charge in [0.15, 0.2) is 0 Å². The van der Waals surface area contributed by atoms with Crippen molar-refractivity contribution in [2.75, 3.05) is 13.1 Å². The van der Waals surface area contributed by atoms with Crippen molar-refractivity contribution in [2.24, 2.45) is 0 Å². The van der Waals surface area contributed by atoms with Crippen LogP contribution in [0.3, 0.4) is 0 Å². The maximum atomic E-state index is 12.3. The molecule has 1 atom stereocenters. The van der Waals surface area contributed by atoms with Crippen LogP contribution in [0.25, 0.3) is 0 Å². The number of carbonyl (C=O) groups is 2. The number of benzene rings is 1. The first-order chi connectivity index (χ1) is 12.0. The van der Waals surface area contributed by atoms with Crippen molar-refractivity contribution in [3.63, 3.8) is 0 Å². The number of amides is 3. The van der Waals surface area contributed by atoms with E-state index in [1.54, 1.807) is 16.2 Å². The zero-order valence-electron chi connectivity index (χ0n) is 14.5. The first kappa shape index (κ1) is 17.5. The maximum Gasteiger partial charge on any atom is 0.315 e. The number of hydrogen-bond acceptors (Lipinski definition) is 3. The van der Waals surface area contributed by atoms with Crippen LogP contribution >= 0.6 is 11.3 Å². The second kappa shape index (κ2) is 7.70. The predicted molar refractivity (Wildman–Crippen MR) is 99.6 cm³/mol. The molecule has 0 bridgehead atoms. The monoisotopic (exact) mass is 357 g/mol. The van der Waals surface area contributed by atoms with Crippen LogP contribution in [0.2, 0.25) is 0 Å². The van der Waals surface area contributed by atoms with Crippen LogP contribution in [0.1, 0.15) is 34.5 Å². The molecule has 0 saturated heterocycles. The molecule has 5 nitrogen and oxygen atoms in total. The topological polar surface area (TPSA) is 61.4 Å². The molecule has 1 aliphatic heterocycles. The number of aryl methyl sites for hydroxylation is 1. The van der Waals surface area contributed by atoms with E-state index in [1.807, 2.05) is 38.1 Å². The molecule has 1 aromatic heterocycles. The van der Waals surface area contributed by atoms with E-state index in [9.17, 15) is 9.59 Å². The molecule has 0 spiro atoms. The smallest absolute Gasteiger partial charge is 0.315 e. The van der Waals surface area contributed by atoms with Gasteiger partial charge >= 0.3 is 6.03 Å². The molecule has 6 heteroatoms. The fourth-order valence-electron chi connectivity index (χ4n) is 3.13. The summed E-state index contributed by atoms with van der Waals surface area (Å²) in [5, 5.41) is 7.63. The summed E-state index contributed by atoms with van der Waals surface area (Å²) in [7, 11) is 0. The lowest BCUT2D eigenvalue weighted by molar-refractivity contribution is -0.130. The Kier molecular flexibility index (Phi) is 5.38. The van der Waals surface area contributed by atoms with Gasteiger partial charge in [0, 0.05) is 18.0 Å².